The van der Waals surface area contributed by atoms with Gasteiger partial charge in [0.1, 0.15) is 12.4 Å². The molecule has 5 nitrogen and oxygen atoms in total. The predicted octanol–water partition coefficient (Wildman–Crippen LogP) is 7.70. The highest BCUT2D eigenvalue weighted by atomic mass is 28.4. The lowest BCUT2D eigenvalue weighted by Gasteiger charge is -2.47. The van der Waals surface area contributed by atoms with Gasteiger partial charge in [-0.2, -0.15) is 0 Å². The number of ether oxygens (including phenoxy) is 3. The lowest BCUT2D eigenvalue weighted by molar-refractivity contribution is -0.156. The fraction of sp³-hybridized carbons (Fsp3) is 0.690. The van der Waals surface area contributed by atoms with Crippen molar-refractivity contribution in [3.05, 3.63) is 42.5 Å². The largest absolute Gasteiger partial charge is 0.497 e. The summed E-state index contributed by atoms with van der Waals surface area (Å²) >= 11 is 0. The lowest BCUT2D eigenvalue weighted by Crippen LogP contribution is -2.55. The SMILES string of the molecule is C=CCOC(=O)[C@H](CCCC)[C@@H](O[Si](C(C)C)(C(C)C)C(C)C)[C@H](C)OCc1ccc(OC)cc1. The minimum absolute atomic E-state index is 0.205. The molecule has 1 rings (SSSR count). The summed E-state index contributed by atoms with van der Waals surface area (Å²) < 4.78 is 24.5. The molecular weight excluding hydrogens is 456 g/mol. The van der Waals surface area contributed by atoms with E-state index in [1.165, 1.54) is 0 Å². The van der Waals surface area contributed by atoms with Crippen LogP contribution < -0.4 is 4.74 Å². The second-order valence-electron chi connectivity index (χ2n) is 10.4. The average molecular weight is 507 g/mol. The molecule has 200 valence electrons. The van der Waals surface area contributed by atoms with Gasteiger partial charge in [0.2, 0.25) is 8.32 Å². The van der Waals surface area contributed by atoms with Gasteiger partial charge in [-0.05, 0) is 47.7 Å². The molecule has 0 bridgehead atoms. The molecule has 1 aromatic rings. The fourth-order valence-corrected chi connectivity index (χ4v) is 10.9. The van der Waals surface area contributed by atoms with Gasteiger partial charge in [-0.3, -0.25) is 4.79 Å². The number of benzene rings is 1. The zero-order valence-corrected chi connectivity index (χ0v) is 24.6. The van der Waals surface area contributed by atoms with Gasteiger partial charge in [0, 0.05) is 0 Å². The first-order chi connectivity index (χ1) is 16.5. The normalized spacial score (nSPS) is 14.7. The summed E-state index contributed by atoms with van der Waals surface area (Å²) in [5.74, 6) is 0.209. The second kappa shape index (κ2) is 15.5. The number of hydrogen-bond acceptors (Lipinski definition) is 5. The van der Waals surface area contributed by atoms with E-state index >= 15 is 0 Å². The quantitative estimate of drug-likeness (QED) is 0.123. The Bertz CT molecular complexity index is 722. The van der Waals surface area contributed by atoms with Crippen LogP contribution in [0.15, 0.2) is 36.9 Å². The van der Waals surface area contributed by atoms with Crippen LogP contribution in [0.25, 0.3) is 0 Å². The monoisotopic (exact) mass is 506 g/mol. The van der Waals surface area contributed by atoms with E-state index < -0.39 is 8.32 Å². The van der Waals surface area contributed by atoms with E-state index in [-0.39, 0.29) is 30.7 Å². The summed E-state index contributed by atoms with van der Waals surface area (Å²) in [6, 6.07) is 7.87. The topological polar surface area (TPSA) is 54.0 Å². The van der Waals surface area contributed by atoms with Crippen molar-refractivity contribution in [2.24, 2.45) is 5.92 Å². The van der Waals surface area contributed by atoms with Gasteiger partial charge in [-0.1, -0.05) is 86.1 Å². The maximum Gasteiger partial charge on any atom is 0.311 e. The van der Waals surface area contributed by atoms with Crippen LogP contribution in [0.2, 0.25) is 16.6 Å². The molecule has 1 aromatic carbocycles. The van der Waals surface area contributed by atoms with E-state index in [2.05, 4.69) is 55.0 Å². The summed E-state index contributed by atoms with van der Waals surface area (Å²) in [7, 11) is -0.619. The van der Waals surface area contributed by atoms with Crippen molar-refractivity contribution in [1.82, 2.24) is 0 Å². The lowest BCUT2D eigenvalue weighted by atomic mass is 9.93. The van der Waals surface area contributed by atoms with Crippen LogP contribution in [0.1, 0.15) is 80.2 Å². The van der Waals surface area contributed by atoms with Gasteiger partial charge in [0.05, 0.1) is 31.8 Å². The molecule has 6 heteroatoms. The molecule has 0 aliphatic carbocycles. The van der Waals surface area contributed by atoms with Crippen molar-refractivity contribution in [3.63, 3.8) is 0 Å². The highest BCUT2D eigenvalue weighted by Gasteiger charge is 2.49. The number of rotatable bonds is 17. The third-order valence-corrected chi connectivity index (χ3v) is 13.2. The number of hydrogen-bond donors (Lipinski definition) is 0. The van der Waals surface area contributed by atoms with Gasteiger partial charge in [0.25, 0.3) is 0 Å². The van der Waals surface area contributed by atoms with E-state index in [1.807, 2.05) is 31.2 Å². The Kier molecular flexibility index (Phi) is 13.9. The molecule has 0 N–H and O–H groups in total. The standard InChI is InChI=1S/C29H50O5Si/c1-11-13-14-27(29(30)32-19-12-2)28(34-35(21(3)4,22(5)6)23(7)8)24(9)33-20-25-15-17-26(31-10)18-16-25/h12,15-18,21-24,27-28H,2,11,13-14,19-20H2,1,3-10H3/t24-,27+,28-/m0/s1. The summed E-state index contributed by atoms with van der Waals surface area (Å²) in [4.78, 5) is 13.3. The average Bonchev–Trinajstić information content (AvgIpc) is 2.82. The first kappa shape index (κ1) is 31.4. The fourth-order valence-electron chi connectivity index (χ4n) is 5.28. The summed E-state index contributed by atoms with van der Waals surface area (Å²) in [5, 5.41) is 0. The number of carbonyl (C=O) groups is 1. The third-order valence-electron chi connectivity index (χ3n) is 7.09. The molecule has 0 unspecified atom stereocenters. The van der Waals surface area contributed by atoms with Crippen LogP contribution in [0.4, 0.5) is 0 Å². The Morgan fingerprint density at radius 3 is 2.03 bits per heavy atom. The van der Waals surface area contributed by atoms with Crippen LogP contribution in [-0.2, 0) is 25.3 Å². The number of esters is 1. The van der Waals surface area contributed by atoms with Crippen molar-refractivity contribution in [2.75, 3.05) is 13.7 Å². The van der Waals surface area contributed by atoms with E-state index in [0.29, 0.717) is 29.7 Å². The minimum atomic E-state index is -2.28. The highest BCUT2D eigenvalue weighted by molar-refractivity contribution is 6.77. The van der Waals surface area contributed by atoms with Gasteiger partial charge < -0.3 is 18.6 Å². The summed E-state index contributed by atoms with van der Waals surface area (Å²) in [5.41, 5.74) is 2.25. The minimum Gasteiger partial charge on any atom is -0.497 e. The first-order valence-electron chi connectivity index (χ1n) is 13.2. The van der Waals surface area contributed by atoms with E-state index in [4.69, 9.17) is 18.6 Å². The Hall–Kier alpha value is -1.63. The maximum atomic E-state index is 13.3. The van der Waals surface area contributed by atoms with Gasteiger partial charge in [0.15, 0.2) is 0 Å². The molecule has 0 aliphatic rings. The van der Waals surface area contributed by atoms with Crippen molar-refractivity contribution in [2.45, 2.75) is 110 Å². The molecule has 0 saturated carbocycles. The van der Waals surface area contributed by atoms with Crippen LogP contribution in [0.3, 0.4) is 0 Å². The van der Waals surface area contributed by atoms with Crippen molar-refractivity contribution in [1.29, 1.82) is 0 Å². The van der Waals surface area contributed by atoms with Crippen LogP contribution >= 0.6 is 0 Å². The maximum absolute atomic E-state index is 13.3. The van der Waals surface area contributed by atoms with E-state index in [0.717, 1.165) is 24.2 Å². The Morgan fingerprint density at radius 1 is 1.00 bits per heavy atom. The Labute approximate surface area is 215 Å². The van der Waals surface area contributed by atoms with Crippen molar-refractivity contribution < 1.29 is 23.4 Å². The molecule has 0 spiro atoms. The van der Waals surface area contributed by atoms with Crippen LogP contribution in [-0.4, -0.2) is 40.2 Å². The zero-order chi connectivity index (χ0) is 26.6. The highest BCUT2D eigenvalue weighted by Crippen LogP contribution is 2.44. The molecule has 0 saturated heterocycles. The number of unbranched alkanes of at least 4 members (excludes halogenated alkanes) is 1. The third kappa shape index (κ3) is 8.76. The predicted molar refractivity (Wildman–Crippen MR) is 147 cm³/mol. The second-order valence-corrected chi connectivity index (χ2v) is 15.8. The number of carbonyl (C=O) groups excluding carboxylic acids is 1. The Morgan fingerprint density at radius 2 is 1.57 bits per heavy atom. The molecule has 0 amide bonds. The molecule has 0 fully saturated rings. The van der Waals surface area contributed by atoms with Crippen LogP contribution in [0, 0.1) is 5.92 Å². The summed E-state index contributed by atoms with van der Waals surface area (Å²) in [6.07, 6.45) is 3.60. The molecule has 3 atom stereocenters. The van der Waals surface area contributed by atoms with Crippen molar-refractivity contribution >= 4 is 14.3 Å². The number of methoxy groups -OCH3 is 1. The smallest absolute Gasteiger partial charge is 0.311 e. The van der Waals surface area contributed by atoms with Gasteiger partial charge in [-0.25, -0.2) is 0 Å². The van der Waals surface area contributed by atoms with Gasteiger partial charge >= 0.3 is 5.97 Å². The van der Waals surface area contributed by atoms with Gasteiger partial charge in [-0.15, -0.1) is 0 Å². The zero-order valence-electron chi connectivity index (χ0n) is 23.6. The molecular formula is C29H50O5Si. The van der Waals surface area contributed by atoms with Crippen molar-refractivity contribution in [3.8, 4) is 5.75 Å². The molecule has 35 heavy (non-hydrogen) atoms. The summed E-state index contributed by atoms with van der Waals surface area (Å²) in [6.45, 7) is 22.1. The van der Waals surface area contributed by atoms with Crippen LogP contribution in [0.5, 0.6) is 5.75 Å². The molecule has 0 aromatic heterocycles. The Balaban J connectivity index is 3.34. The van der Waals surface area contributed by atoms with E-state index in [9.17, 15) is 4.79 Å². The first-order valence-corrected chi connectivity index (χ1v) is 15.4. The van der Waals surface area contributed by atoms with E-state index in [1.54, 1.807) is 13.2 Å². The molecule has 0 radical (unpaired) electrons. The molecule has 0 heterocycles. The molecule has 0 aliphatic heterocycles.